The van der Waals surface area contributed by atoms with Gasteiger partial charge in [-0.2, -0.15) is 0 Å². The van der Waals surface area contributed by atoms with E-state index in [4.69, 9.17) is 4.42 Å². The van der Waals surface area contributed by atoms with Gasteiger partial charge in [-0.1, -0.05) is 6.07 Å². The van der Waals surface area contributed by atoms with Gasteiger partial charge >= 0.3 is 0 Å². The standard InChI is InChI=1S/C13H13FO2/c1-9-6-11(14)2-3-12(9)13(15)7-10-4-5-16-8-10/h2-6,8,13,15H,7H2,1H3. The molecule has 16 heavy (non-hydrogen) atoms. The third-order valence-corrected chi connectivity index (χ3v) is 2.60. The summed E-state index contributed by atoms with van der Waals surface area (Å²) in [5, 5.41) is 10.00. The van der Waals surface area contributed by atoms with E-state index in [1.165, 1.54) is 12.1 Å². The molecule has 1 atom stereocenters. The highest BCUT2D eigenvalue weighted by Crippen LogP contribution is 2.22. The third kappa shape index (κ3) is 2.31. The number of furan rings is 1. The van der Waals surface area contributed by atoms with E-state index >= 15 is 0 Å². The van der Waals surface area contributed by atoms with Gasteiger partial charge in [0, 0.05) is 6.42 Å². The first-order valence-corrected chi connectivity index (χ1v) is 5.12. The molecule has 1 heterocycles. The number of hydrogen-bond acceptors (Lipinski definition) is 2. The van der Waals surface area contributed by atoms with Gasteiger partial charge < -0.3 is 9.52 Å². The monoisotopic (exact) mass is 220 g/mol. The molecule has 0 bridgehead atoms. The topological polar surface area (TPSA) is 33.4 Å². The number of aryl methyl sites for hydroxylation is 1. The van der Waals surface area contributed by atoms with E-state index in [-0.39, 0.29) is 5.82 Å². The number of hydrogen-bond donors (Lipinski definition) is 1. The molecule has 84 valence electrons. The lowest BCUT2D eigenvalue weighted by atomic mass is 9.99. The summed E-state index contributed by atoms with van der Waals surface area (Å²) in [6, 6.07) is 6.21. The molecule has 1 aromatic heterocycles. The molecule has 1 aromatic carbocycles. The highest BCUT2D eigenvalue weighted by Gasteiger charge is 2.12. The molecule has 1 unspecified atom stereocenters. The summed E-state index contributed by atoms with van der Waals surface area (Å²) in [6.45, 7) is 1.79. The lowest BCUT2D eigenvalue weighted by molar-refractivity contribution is 0.177. The molecule has 0 saturated carbocycles. The summed E-state index contributed by atoms with van der Waals surface area (Å²) < 4.78 is 17.8. The van der Waals surface area contributed by atoms with Crippen molar-refractivity contribution in [2.24, 2.45) is 0 Å². The zero-order chi connectivity index (χ0) is 11.5. The first-order valence-electron chi connectivity index (χ1n) is 5.12. The minimum absolute atomic E-state index is 0.281. The maximum absolute atomic E-state index is 12.9. The normalized spacial score (nSPS) is 12.7. The zero-order valence-corrected chi connectivity index (χ0v) is 8.98. The van der Waals surface area contributed by atoms with E-state index in [9.17, 15) is 9.50 Å². The van der Waals surface area contributed by atoms with Gasteiger partial charge in [-0.15, -0.1) is 0 Å². The highest BCUT2D eigenvalue weighted by atomic mass is 19.1. The van der Waals surface area contributed by atoms with Crippen molar-refractivity contribution in [2.75, 3.05) is 0 Å². The number of aliphatic hydroxyl groups is 1. The quantitative estimate of drug-likeness (QED) is 0.862. The summed E-state index contributed by atoms with van der Waals surface area (Å²) in [4.78, 5) is 0. The van der Waals surface area contributed by atoms with Crippen LogP contribution in [0.2, 0.25) is 0 Å². The molecule has 3 heteroatoms. The number of benzene rings is 1. The predicted octanol–water partition coefficient (Wildman–Crippen LogP) is 3.00. The Morgan fingerprint density at radius 2 is 2.19 bits per heavy atom. The molecule has 0 saturated heterocycles. The van der Waals surface area contributed by atoms with Gasteiger partial charge in [0.1, 0.15) is 5.82 Å². The van der Waals surface area contributed by atoms with Crippen LogP contribution in [0.25, 0.3) is 0 Å². The lowest BCUT2D eigenvalue weighted by Crippen LogP contribution is -2.03. The van der Waals surface area contributed by atoms with Gasteiger partial charge in [-0.25, -0.2) is 4.39 Å². The van der Waals surface area contributed by atoms with Crippen LogP contribution in [0.15, 0.2) is 41.2 Å². The summed E-state index contributed by atoms with van der Waals surface area (Å²) in [5.41, 5.74) is 2.44. The number of rotatable bonds is 3. The molecule has 0 aliphatic heterocycles. The van der Waals surface area contributed by atoms with Crippen molar-refractivity contribution in [1.82, 2.24) is 0 Å². The van der Waals surface area contributed by atoms with Crippen LogP contribution >= 0.6 is 0 Å². The molecule has 0 amide bonds. The van der Waals surface area contributed by atoms with Crippen LogP contribution in [0.3, 0.4) is 0 Å². The second kappa shape index (κ2) is 4.49. The smallest absolute Gasteiger partial charge is 0.123 e. The van der Waals surface area contributed by atoms with E-state index in [2.05, 4.69) is 0 Å². The van der Waals surface area contributed by atoms with E-state index in [1.54, 1.807) is 25.5 Å². The summed E-state index contributed by atoms with van der Waals surface area (Å²) in [6.07, 6.45) is 3.02. The molecule has 2 aromatic rings. The van der Waals surface area contributed by atoms with E-state index in [0.717, 1.165) is 16.7 Å². The molecular formula is C13H13FO2. The Morgan fingerprint density at radius 1 is 1.38 bits per heavy atom. The average Bonchev–Trinajstić information content (AvgIpc) is 2.70. The molecule has 2 rings (SSSR count). The molecule has 0 radical (unpaired) electrons. The zero-order valence-electron chi connectivity index (χ0n) is 8.98. The van der Waals surface area contributed by atoms with Gasteiger partial charge in [0.15, 0.2) is 0 Å². The van der Waals surface area contributed by atoms with Gasteiger partial charge in [-0.05, 0) is 41.8 Å². The Morgan fingerprint density at radius 3 is 2.81 bits per heavy atom. The Labute approximate surface area is 93.3 Å². The van der Waals surface area contributed by atoms with Crippen LogP contribution in [-0.4, -0.2) is 5.11 Å². The van der Waals surface area contributed by atoms with E-state index in [0.29, 0.717) is 6.42 Å². The van der Waals surface area contributed by atoms with Crippen molar-refractivity contribution >= 4 is 0 Å². The highest BCUT2D eigenvalue weighted by molar-refractivity contribution is 5.29. The minimum Gasteiger partial charge on any atom is -0.472 e. The van der Waals surface area contributed by atoms with Crippen molar-refractivity contribution in [1.29, 1.82) is 0 Å². The Hall–Kier alpha value is -1.61. The van der Waals surface area contributed by atoms with Crippen LogP contribution in [-0.2, 0) is 6.42 Å². The average molecular weight is 220 g/mol. The second-order valence-electron chi connectivity index (χ2n) is 3.85. The molecule has 0 fully saturated rings. The molecule has 0 spiro atoms. The van der Waals surface area contributed by atoms with Gasteiger partial charge in [0.25, 0.3) is 0 Å². The maximum atomic E-state index is 12.9. The SMILES string of the molecule is Cc1cc(F)ccc1C(O)Cc1ccoc1. The van der Waals surface area contributed by atoms with Crippen molar-refractivity contribution in [3.05, 3.63) is 59.3 Å². The summed E-state index contributed by atoms with van der Waals surface area (Å²) in [5.74, 6) is -0.281. The first kappa shape index (κ1) is 10.9. The first-order chi connectivity index (χ1) is 7.66. The van der Waals surface area contributed by atoms with E-state index < -0.39 is 6.10 Å². The number of halogens is 1. The molecule has 0 aliphatic carbocycles. The Bertz CT molecular complexity index is 463. The Kier molecular flexibility index (Phi) is 3.06. The fourth-order valence-corrected chi connectivity index (χ4v) is 1.76. The fourth-order valence-electron chi connectivity index (χ4n) is 1.76. The van der Waals surface area contributed by atoms with Crippen LogP contribution in [0.1, 0.15) is 22.8 Å². The van der Waals surface area contributed by atoms with Crippen molar-refractivity contribution in [2.45, 2.75) is 19.4 Å². The molecular weight excluding hydrogens is 207 g/mol. The molecule has 2 nitrogen and oxygen atoms in total. The third-order valence-electron chi connectivity index (χ3n) is 2.60. The maximum Gasteiger partial charge on any atom is 0.123 e. The molecule has 0 aliphatic rings. The van der Waals surface area contributed by atoms with Gasteiger partial charge in [-0.3, -0.25) is 0 Å². The van der Waals surface area contributed by atoms with Crippen molar-refractivity contribution < 1.29 is 13.9 Å². The van der Waals surface area contributed by atoms with Crippen LogP contribution in [0.5, 0.6) is 0 Å². The van der Waals surface area contributed by atoms with Crippen LogP contribution in [0.4, 0.5) is 4.39 Å². The van der Waals surface area contributed by atoms with Crippen molar-refractivity contribution in [3.8, 4) is 0 Å². The Balaban J connectivity index is 2.17. The molecule has 1 N–H and O–H groups in total. The van der Waals surface area contributed by atoms with E-state index in [1.807, 2.05) is 6.07 Å². The van der Waals surface area contributed by atoms with Gasteiger partial charge in [0.2, 0.25) is 0 Å². The van der Waals surface area contributed by atoms with Gasteiger partial charge in [0.05, 0.1) is 18.6 Å². The van der Waals surface area contributed by atoms with Crippen molar-refractivity contribution in [3.63, 3.8) is 0 Å². The van der Waals surface area contributed by atoms with Crippen LogP contribution in [0, 0.1) is 12.7 Å². The predicted molar refractivity (Wildman–Crippen MR) is 58.5 cm³/mol. The lowest BCUT2D eigenvalue weighted by Gasteiger charge is -2.12. The fraction of sp³-hybridized carbons (Fsp3) is 0.231. The summed E-state index contributed by atoms with van der Waals surface area (Å²) in [7, 11) is 0. The number of aliphatic hydroxyl groups excluding tert-OH is 1. The summed E-state index contributed by atoms with van der Waals surface area (Å²) >= 11 is 0. The largest absolute Gasteiger partial charge is 0.472 e. The second-order valence-corrected chi connectivity index (χ2v) is 3.85. The van der Waals surface area contributed by atoms with Crippen LogP contribution < -0.4 is 0 Å². The minimum atomic E-state index is -0.627.